The summed E-state index contributed by atoms with van der Waals surface area (Å²) in [6, 6.07) is 6.00. The summed E-state index contributed by atoms with van der Waals surface area (Å²) < 4.78 is 2.64. The van der Waals surface area contributed by atoms with Gasteiger partial charge in [-0.1, -0.05) is 14.4 Å². The zero-order valence-electron chi connectivity index (χ0n) is 16.8. The summed E-state index contributed by atoms with van der Waals surface area (Å²) in [5, 5.41) is 29.0. The molecule has 1 atom stereocenters. The van der Waals surface area contributed by atoms with Gasteiger partial charge in [-0.15, -0.1) is 0 Å². The first-order chi connectivity index (χ1) is 14.2. The SMILES string of the molecule is C.CCc1cnn2c(NCc3ccc[n+]([O-])c3)cc(N3CCCC[C@H]3CCO)nc12. The van der Waals surface area contributed by atoms with E-state index in [4.69, 9.17) is 4.98 Å². The van der Waals surface area contributed by atoms with Gasteiger partial charge in [0.25, 0.3) is 0 Å². The Morgan fingerprint density at radius 1 is 1.37 bits per heavy atom. The summed E-state index contributed by atoms with van der Waals surface area (Å²) >= 11 is 0. The van der Waals surface area contributed by atoms with Crippen LogP contribution < -0.4 is 14.9 Å². The third-order valence-electron chi connectivity index (χ3n) is 5.61. The quantitative estimate of drug-likeness (QED) is 0.458. The van der Waals surface area contributed by atoms with Crippen molar-refractivity contribution in [1.82, 2.24) is 14.6 Å². The minimum atomic E-state index is 0. The molecule has 2 N–H and O–H groups in total. The molecule has 0 unspecified atom stereocenters. The lowest BCUT2D eigenvalue weighted by Gasteiger charge is -2.36. The third-order valence-corrected chi connectivity index (χ3v) is 5.61. The zero-order chi connectivity index (χ0) is 20.2. The lowest BCUT2D eigenvalue weighted by Crippen LogP contribution is -2.40. The number of aliphatic hydroxyl groups is 1. The molecule has 0 aliphatic carbocycles. The summed E-state index contributed by atoms with van der Waals surface area (Å²) in [6.07, 6.45) is 9.91. The molecule has 4 rings (SSSR count). The van der Waals surface area contributed by atoms with Crippen molar-refractivity contribution >= 4 is 17.3 Å². The van der Waals surface area contributed by atoms with E-state index in [0.717, 1.165) is 65.4 Å². The number of rotatable bonds is 7. The molecule has 1 aliphatic rings. The number of fused-ring (bicyclic) bond motifs is 1. The molecule has 0 saturated carbocycles. The van der Waals surface area contributed by atoms with Crippen molar-refractivity contribution in [2.75, 3.05) is 23.4 Å². The van der Waals surface area contributed by atoms with Gasteiger partial charge in [0.2, 0.25) is 0 Å². The van der Waals surface area contributed by atoms with E-state index in [1.165, 1.54) is 12.6 Å². The highest BCUT2D eigenvalue weighted by Crippen LogP contribution is 2.28. The van der Waals surface area contributed by atoms with Crippen LogP contribution in [0.25, 0.3) is 5.65 Å². The Bertz CT molecular complexity index is 971. The fourth-order valence-electron chi connectivity index (χ4n) is 4.07. The van der Waals surface area contributed by atoms with Crippen LogP contribution in [-0.4, -0.2) is 38.9 Å². The van der Waals surface area contributed by atoms with Crippen molar-refractivity contribution in [2.24, 2.45) is 0 Å². The lowest BCUT2D eigenvalue weighted by molar-refractivity contribution is -0.605. The zero-order valence-corrected chi connectivity index (χ0v) is 16.8. The van der Waals surface area contributed by atoms with Gasteiger partial charge in [0.1, 0.15) is 11.6 Å². The molecule has 1 saturated heterocycles. The van der Waals surface area contributed by atoms with Gasteiger partial charge in [-0.05, 0) is 38.2 Å². The van der Waals surface area contributed by atoms with Crippen molar-refractivity contribution in [1.29, 1.82) is 0 Å². The van der Waals surface area contributed by atoms with Crippen LogP contribution in [0.4, 0.5) is 11.6 Å². The van der Waals surface area contributed by atoms with Crippen molar-refractivity contribution in [2.45, 2.75) is 59.0 Å². The third kappa shape index (κ3) is 4.48. The molecule has 3 aromatic heterocycles. The van der Waals surface area contributed by atoms with Crippen molar-refractivity contribution in [3.8, 4) is 0 Å². The van der Waals surface area contributed by atoms with Gasteiger partial charge in [0.15, 0.2) is 18.0 Å². The molecular weight excluding hydrogens is 380 g/mol. The highest BCUT2D eigenvalue weighted by molar-refractivity contribution is 5.61. The molecule has 0 spiro atoms. The molecule has 0 radical (unpaired) electrons. The number of anilines is 2. The van der Waals surface area contributed by atoms with Gasteiger partial charge in [-0.25, -0.2) is 4.98 Å². The summed E-state index contributed by atoms with van der Waals surface area (Å²) in [6.45, 7) is 3.75. The van der Waals surface area contributed by atoms with E-state index in [-0.39, 0.29) is 14.0 Å². The van der Waals surface area contributed by atoms with E-state index in [9.17, 15) is 10.3 Å². The minimum absolute atomic E-state index is 0. The summed E-state index contributed by atoms with van der Waals surface area (Å²) in [4.78, 5) is 7.27. The Morgan fingerprint density at radius 2 is 2.23 bits per heavy atom. The van der Waals surface area contributed by atoms with Crippen LogP contribution in [-0.2, 0) is 13.0 Å². The maximum atomic E-state index is 11.5. The van der Waals surface area contributed by atoms with E-state index in [0.29, 0.717) is 12.6 Å². The molecule has 4 heterocycles. The van der Waals surface area contributed by atoms with Gasteiger partial charge in [-0.3, -0.25) is 0 Å². The highest BCUT2D eigenvalue weighted by Gasteiger charge is 2.24. The summed E-state index contributed by atoms with van der Waals surface area (Å²) in [5.41, 5.74) is 2.85. The molecular formula is C22H32N6O2. The monoisotopic (exact) mass is 412 g/mol. The fourth-order valence-corrected chi connectivity index (χ4v) is 4.07. The van der Waals surface area contributed by atoms with Crippen molar-refractivity contribution in [3.05, 3.63) is 53.1 Å². The molecule has 3 aromatic rings. The van der Waals surface area contributed by atoms with Gasteiger partial charge >= 0.3 is 0 Å². The van der Waals surface area contributed by atoms with E-state index >= 15 is 0 Å². The number of pyridine rings is 1. The second kappa shape index (κ2) is 9.75. The van der Waals surface area contributed by atoms with E-state index < -0.39 is 0 Å². The van der Waals surface area contributed by atoms with Crippen LogP contribution in [0.3, 0.4) is 0 Å². The standard InChI is InChI=1S/C21H28N6O2.CH4/c1-2-17-14-23-27-19(22-13-16-6-5-9-25(29)15-16)12-20(24-21(17)27)26-10-4-3-7-18(26)8-11-28;/h5-6,9,12,14-15,18,22,28H,2-4,7-8,10-11,13H2,1H3;1H4/t18-;/m0./s1. The number of piperidine rings is 1. The first kappa shape index (κ1) is 21.8. The average molecular weight is 413 g/mol. The first-order valence-electron chi connectivity index (χ1n) is 10.4. The number of hydrogen-bond acceptors (Lipinski definition) is 6. The molecule has 8 nitrogen and oxygen atoms in total. The number of hydrogen-bond donors (Lipinski definition) is 2. The largest absolute Gasteiger partial charge is 0.619 e. The van der Waals surface area contributed by atoms with Crippen molar-refractivity contribution in [3.63, 3.8) is 0 Å². The summed E-state index contributed by atoms with van der Waals surface area (Å²) in [7, 11) is 0. The molecule has 0 bridgehead atoms. The molecule has 30 heavy (non-hydrogen) atoms. The maximum Gasteiger partial charge on any atom is 0.185 e. The van der Waals surface area contributed by atoms with Crippen LogP contribution in [0.15, 0.2) is 36.8 Å². The van der Waals surface area contributed by atoms with E-state index in [1.807, 2.05) is 22.8 Å². The topological polar surface area (TPSA) is 92.6 Å². The fraction of sp³-hybridized carbons (Fsp3) is 0.500. The predicted octanol–water partition coefficient (Wildman–Crippen LogP) is 2.91. The smallest absolute Gasteiger partial charge is 0.185 e. The van der Waals surface area contributed by atoms with Gasteiger partial charge < -0.3 is 20.5 Å². The van der Waals surface area contributed by atoms with Crippen molar-refractivity contribution < 1.29 is 9.84 Å². The highest BCUT2D eigenvalue weighted by atomic mass is 16.5. The Balaban J connectivity index is 0.00000256. The van der Waals surface area contributed by atoms with Crippen LogP contribution in [0.2, 0.25) is 0 Å². The number of nitrogens with zero attached hydrogens (tertiary/aromatic N) is 5. The number of aliphatic hydroxyl groups excluding tert-OH is 1. The molecule has 162 valence electrons. The van der Waals surface area contributed by atoms with Gasteiger partial charge in [0.05, 0.1) is 6.20 Å². The predicted molar refractivity (Wildman–Crippen MR) is 119 cm³/mol. The number of aryl methyl sites for hydroxylation is 1. The van der Waals surface area contributed by atoms with Gasteiger partial charge in [0, 0.05) is 49.0 Å². The lowest BCUT2D eigenvalue weighted by atomic mass is 9.99. The van der Waals surface area contributed by atoms with Crippen LogP contribution in [0.1, 0.15) is 51.2 Å². The molecule has 8 heteroatoms. The second-order valence-corrected chi connectivity index (χ2v) is 7.54. The maximum absolute atomic E-state index is 11.5. The molecule has 1 fully saturated rings. The minimum Gasteiger partial charge on any atom is -0.619 e. The summed E-state index contributed by atoms with van der Waals surface area (Å²) in [5.74, 6) is 1.76. The Labute approximate surface area is 177 Å². The average Bonchev–Trinajstić information content (AvgIpc) is 3.16. The first-order valence-corrected chi connectivity index (χ1v) is 10.4. The molecule has 0 amide bonds. The second-order valence-electron chi connectivity index (χ2n) is 7.54. The van der Waals surface area contributed by atoms with Crippen LogP contribution in [0, 0.1) is 5.21 Å². The van der Waals surface area contributed by atoms with E-state index in [2.05, 4.69) is 22.2 Å². The van der Waals surface area contributed by atoms with E-state index in [1.54, 1.807) is 12.3 Å². The van der Waals surface area contributed by atoms with Crippen LogP contribution >= 0.6 is 0 Å². The Kier molecular flexibility index (Phi) is 7.10. The van der Waals surface area contributed by atoms with Crippen LogP contribution in [0.5, 0.6) is 0 Å². The normalized spacial score (nSPS) is 16.5. The molecule has 0 aromatic carbocycles. The number of aromatic nitrogens is 4. The Morgan fingerprint density at radius 3 is 3.00 bits per heavy atom. The Hall–Kier alpha value is -2.87. The molecule has 1 aliphatic heterocycles. The van der Waals surface area contributed by atoms with Gasteiger partial charge in [-0.2, -0.15) is 14.3 Å². The number of nitrogens with one attached hydrogen (secondary N) is 1.